The lowest BCUT2D eigenvalue weighted by Crippen LogP contribution is -2.65. The Morgan fingerprint density at radius 2 is 1.19 bits per heavy atom. The first-order valence-corrected chi connectivity index (χ1v) is 31.7. The SMILES string of the molecule is CC(C)CB(O)O.[C-]#[N+]C(=CC(C)(C)N1CCC(F)(F)C1)C(=O)N1CC[C@H](COC(=O)N[C@@H](Cc2ccccc2)B(O)O)C1.[C-]#[N+]C(=CC(C)(C)N1CCC(F)(F)C1)C(=O)N1CC[C@H](COC(=O)N[C@@H](Cc2ccccc2)B2O[C@@H]3C[C@@H]4C[C@@H](C4(C)C)[C@]3(C)O2)C1. The molecule has 20 nitrogen and oxygen atoms in total. The summed E-state index contributed by atoms with van der Waals surface area (Å²) in [6.45, 7) is 33.8. The predicted octanol–water partition coefficient (Wildman–Crippen LogP) is 7.59. The van der Waals surface area contributed by atoms with Crippen LogP contribution in [0.25, 0.3) is 9.69 Å². The molecule has 8 fully saturated rings. The first-order chi connectivity index (χ1) is 42.6. The molecule has 91 heavy (non-hydrogen) atoms. The minimum atomic E-state index is -2.78. The van der Waals surface area contributed by atoms with Gasteiger partial charge in [0.25, 0.3) is 23.7 Å². The van der Waals surface area contributed by atoms with Crippen molar-refractivity contribution in [2.75, 3.05) is 65.6 Å². The Kier molecular flexibility index (Phi) is 24.2. The number of likely N-dealkylation sites (tertiary alicyclic amines) is 4. The maximum atomic E-state index is 13.8. The van der Waals surface area contributed by atoms with Gasteiger partial charge in [-0.15, -0.1) is 0 Å². The lowest BCUT2D eigenvalue weighted by atomic mass is 9.43. The minimum Gasteiger partial charge on any atom is -0.449 e. The Hall–Kier alpha value is -6.03. The maximum absolute atomic E-state index is 13.8. The van der Waals surface area contributed by atoms with Gasteiger partial charge in [0.2, 0.25) is 11.4 Å². The van der Waals surface area contributed by atoms with Crippen molar-refractivity contribution in [1.29, 1.82) is 0 Å². The zero-order valence-electron chi connectivity index (χ0n) is 54.0. The summed E-state index contributed by atoms with van der Waals surface area (Å²) in [4.78, 5) is 64.8. The van der Waals surface area contributed by atoms with E-state index in [4.69, 9.17) is 42.0 Å². The quantitative estimate of drug-likeness (QED) is 0.0325. The van der Waals surface area contributed by atoms with E-state index in [9.17, 15) is 46.8 Å². The van der Waals surface area contributed by atoms with E-state index < -0.39 is 98.9 Å². The van der Waals surface area contributed by atoms with Crippen LogP contribution in [0.2, 0.25) is 6.32 Å². The number of rotatable bonds is 20. The first kappa shape index (κ1) is 72.4. The summed E-state index contributed by atoms with van der Waals surface area (Å²) in [5.41, 5.74) is -0.305. The van der Waals surface area contributed by atoms with Crippen molar-refractivity contribution in [3.05, 3.63) is 118 Å². The van der Waals surface area contributed by atoms with Crippen LogP contribution in [-0.2, 0) is 41.2 Å². The monoisotopic (exact) mass is 1270 g/mol. The van der Waals surface area contributed by atoms with E-state index in [2.05, 4.69) is 41.1 Å². The highest BCUT2D eigenvalue weighted by atomic mass is 19.3. The molecule has 3 saturated carbocycles. The number of hydrogen-bond donors (Lipinski definition) is 6. The van der Waals surface area contributed by atoms with Gasteiger partial charge in [0.1, 0.15) is 0 Å². The predicted molar refractivity (Wildman–Crippen MR) is 336 cm³/mol. The fourth-order valence-electron chi connectivity index (χ4n) is 13.7. The van der Waals surface area contributed by atoms with Crippen molar-refractivity contribution < 1.29 is 75.6 Å². The average Bonchev–Trinajstić information content (AvgIpc) is 1.72. The molecule has 3 aliphatic carbocycles. The molecule has 5 aliphatic heterocycles. The number of carbonyl (C=O) groups excluding carboxylic acids is 4. The smallest absolute Gasteiger partial charge is 0.449 e. The molecule has 2 aromatic rings. The van der Waals surface area contributed by atoms with Crippen LogP contribution in [0.4, 0.5) is 27.2 Å². The van der Waals surface area contributed by atoms with E-state index in [1.807, 2.05) is 62.4 Å². The van der Waals surface area contributed by atoms with Crippen molar-refractivity contribution in [1.82, 2.24) is 30.2 Å². The molecule has 496 valence electrons. The van der Waals surface area contributed by atoms with Crippen molar-refractivity contribution in [2.24, 2.45) is 35.0 Å². The molecule has 5 saturated heterocycles. The Labute approximate surface area is 534 Å². The van der Waals surface area contributed by atoms with Gasteiger partial charge >= 0.3 is 33.5 Å². The number of halogens is 4. The second-order valence-corrected chi connectivity index (χ2v) is 27.9. The Bertz CT molecular complexity index is 2970. The molecule has 27 heteroatoms. The highest BCUT2D eigenvalue weighted by molar-refractivity contribution is 6.48. The summed E-state index contributed by atoms with van der Waals surface area (Å²) >= 11 is 0. The lowest BCUT2D eigenvalue weighted by molar-refractivity contribution is -0.199. The van der Waals surface area contributed by atoms with E-state index in [0.29, 0.717) is 63.0 Å². The molecule has 5 heterocycles. The first-order valence-electron chi connectivity index (χ1n) is 31.7. The topological polar surface area (TPSA) is 232 Å². The number of alkyl halides is 4. The standard InChI is InChI=1S/C35H47BF2N4O5.C25H33BF2N4O5.C4H11BO2/c1-32(2,42-15-13-35(37,38)22-42)19-26(39-6)30(43)41-14-12-24(20-41)21-45-31(44)40-29(16-23-10-8-7-9-11-23)36-46-28-18-25-17-27(33(25,3)4)34(28,5)47-36;1-24(2,32-12-10-25(27,28)17-32)14-20(29-3)22(33)31-11-9-19(15-31)16-37-23(34)30-21(26(35)36)13-18-7-5-4-6-8-18;1-4(2)3-5(6)7/h7-11,19,24-25,27-29H,12-18,20-22H2,1-5H3,(H,40,44);4-8,14,19,21,35-36H,9-13,15-17H2,1-2H3,(H,30,34);4,6-7H,3H2,1-2H3/t24-,25-,27-,28+,29-,34-;19-,21-;/m00./s1. The molecule has 10 rings (SSSR count). The van der Waals surface area contributed by atoms with Crippen LogP contribution in [0, 0.1) is 48.1 Å². The summed E-state index contributed by atoms with van der Waals surface area (Å²) < 4.78 is 79.2. The van der Waals surface area contributed by atoms with Crippen LogP contribution in [-0.4, -0.2) is 197 Å². The normalized spacial score (nSPS) is 25.7. The van der Waals surface area contributed by atoms with Crippen LogP contribution in [0.5, 0.6) is 0 Å². The molecule has 2 aromatic carbocycles. The van der Waals surface area contributed by atoms with Gasteiger partial charge in [0.05, 0.1) is 63.0 Å². The van der Waals surface area contributed by atoms with Crippen LogP contribution in [0.1, 0.15) is 112 Å². The number of nitrogens with zero attached hydrogens (tertiary/aromatic N) is 6. The molecule has 8 aliphatic rings. The zero-order valence-corrected chi connectivity index (χ0v) is 54.0. The number of nitrogens with one attached hydrogen (secondary N) is 2. The van der Waals surface area contributed by atoms with Gasteiger partial charge in [-0.2, -0.15) is 0 Å². The summed E-state index contributed by atoms with van der Waals surface area (Å²) in [6, 6.07) is 19.0. The van der Waals surface area contributed by atoms with Gasteiger partial charge < -0.3 is 59.3 Å². The molecular weight excluding hydrogens is 1180 g/mol. The lowest BCUT2D eigenvalue weighted by Gasteiger charge is -2.64. The Morgan fingerprint density at radius 1 is 0.725 bits per heavy atom. The number of carbonyl (C=O) groups is 4. The van der Waals surface area contributed by atoms with Crippen LogP contribution >= 0.6 is 0 Å². The van der Waals surface area contributed by atoms with Gasteiger partial charge in [0.15, 0.2) is 0 Å². The molecule has 0 aromatic heterocycles. The third-order valence-corrected chi connectivity index (χ3v) is 19.2. The van der Waals surface area contributed by atoms with Gasteiger partial charge in [-0.25, -0.2) is 36.8 Å². The Balaban J connectivity index is 0.000000240. The molecule has 0 unspecified atom stereocenters. The summed E-state index contributed by atoms with van der Waals surface area (Å²) in [5.74, 6) is -6.73. The minimum absolute atomic E-state index is 0.0145. The fraction of sp³-hybridized carbons (Fsp3) is 0.656. The van der Waals surface area contributed by atoms with E-state index in [-0.39, 0.29) is 86.9 Å². The number of alkyl carbamates (subject to hydrolysis) is 2. The highest BCUT2D eigenvalue weighted by Gasteiger charge is 2.68. The summed E-state index contributed by atoms with van der Waals surface area (Å²) in [7, 11) is -3.51. The van der Waals surface area contributed by atoms with Gasteiger partial charge in [-0.1, -0.05) is 101 Å². The average molecular weight is 1270 g/mol. The van der Waals surface area contributed by atoms with E-state index in [1.165, 1.54) is 17.1 Å². The number of ether oxygens (including phenoxy) is 2. The number of benzene rings is 2. The summed E-state index contributed by atoms with van der Waals surface area (Å²) in [6.07, 6.45) is 5.54. The third-order valence-electron chi connectivity index (χ3n) is 19.2. The molecule has 8 atom stereocenters. The van der Waals surface area contributed by atoms with E-state index in [0.717, 1.165) is 24.0 Å². The largest absolute Gasteiger partial charge is 0.482 e. The molecule has 4 amide bonds. The second kappa shape index (κ2) is 30.4. The highest BCUT2D eigenvalue weighted by Crippen LogP contribution is 2.66. The van der Waals surface area contributed by atoms with Crippen LogP contribution in [0.3, 0.4) is 0 Å². The van der Waals surface area contributed by atoms with Crippen molar-refractivity contribution in [2.45, 2.75) is 167 Å². The molecule has 0 spiro atoms. The van der Waals surface area contributed by atoms with Crippen molar-refractivity contribution in [3.8, 4) is 0 Å². The molecule has 0 radical (unpaired) electrons. The zero-order chi connectivity index (χ0) is 66.9. The second-order valence-electron chi connectivity index (χ2n) is 27.9. The van der Waals surface area contributed by atoms with Crippen LogP contribution < -0.4 is 10.6 Å². The third kappa shape index (κ3) is 19.3. The molecular formula is C64H91B3F4N8O12. The van der Waals surface area contributed by atoms with Gasteiger partial charge in [0, 0.05) is 75.0 Å². The number of amides is 4. The van der Waals surface area contributed by atoms with Crippen molar-refractivity contribution in [3.63, 3.8) is 0 Å². The van der Waals surface area contributed by atoms with Gasteiger partial charge in [-0.05, 0) is 114 Å². The summed E-state index contributed by atoms with van der Waals surface area (Å²) in [5, 5.41) is 41.3. The maximum Gasteiger partial charge on any atom is 0.482 e. The van der Waals surface area contributed by atoms with Gasteiger partial charge in [-0.3, -0.25) is 19.4 Å². The Morgan fingerprint density at radius 3 is 1.58 bits per heavy atom. The molecule has 6 N–H and O–H groups in total. The van der Waals surface area contributed by atoms with E-state index in [1.54, 1.807) is 54.5 Å². The molecule has 2 bridgehead atoms. The van der Waals surface area contributed by atoms with E-state index >= 15 is 0 Å². The number of hydrogen-bond acceptors (Lipinski definition) is 14. The van der Waals surface area contributed by atoms with Crippen LogP contribution in [0.15, 0.2) is 84.2 Å². The van der Waals surface area contributed by atoms with Crippen molar-refractivity contribution >= 4 is 45.4 Å². The fourth-order valence-corrected chi connectivity index (χ4v) is 13.7.